The third-order valence-corrected chi connectivity index (χ3v) is 3.98. The molecule has 3 aromatic rings. The smallest absolute Gasteiger partial charge is 0.0485 e. The Balaban J connectivity index is 1.86. The lowest BCUT2D eigenvalue weighted by molar-refractivity contribution is 0.885. The average Bonchev–Trinajstić information content (AvgIpc) is 2.48. The number of anilines is 1. The Morgan fingerprint density at radius 3 is 2.35 bits per heavy atom. The third-order valence-electron chi connectivity index (χ3n) is 3.49. The molecule has 0 saturated carbocycles. The number of nitrogens with one attached hydrogen (secondary N) is 1. The van der Waals surface area contributed by atoms with E-state index in [4.69, 9.17) is 0 Å². The van der Waals surface area contributed by atoms with E-state index in [2.05, 4.69) is 88.8 Å². The van der Waals surface area contributed by atoms with E-state index in [1.165, 1.54) is 16.3 Å². The summed E-state index contributed by atoms with van der Waals surface area (Å²) in [7, 11) is 0. The van der Waals surface area contributed by atoms with Gasteiger partial charge in [-0.15, -0.1) is 0 Å². The highest BCUT2D eigenvalue weighted by Gasteiger charge is 2.05. The van der Waals surface area contributed by atoms with Crippen molar-refractivity contribution in [2.45, 2.75) is 13.0 Å². The molecule has 0 saturated heterocycles. The van der Waals surface area contributed by atoms with Crippen molar-refractivity contribution >= 4 is 32.4 Å². The van der Waals surface area contributed by atoms with Gasteiger partial charge in [-0.25, -0.2) is 0 Å². The number of fused-ring (bicyclic) bond motifs is 1. The second-order valence-corrected chi connectivity index (χ2v) is 5.90. The van der Waals surface area contributed by atoms with Gasteiger partial charge in [0.15, 0.2) is 0 Å². The molecule has 0 spiro atoms. The fraction of sp³-hybridized carbons (Fsp3) is 0.111. The highest BCUT2D eigenvalue weighted by Crippen LogP contribution is 2.25. The largest absolute Gasteiger partial charge is 0.379 e. The van der Waals surface area contributed by atoms with E-state index in [0.717, 1.165) is 10.2 Å². The van der Waals surface area contributed by atoms with Gasteiger partial charge >= 0.3 is 0 Å². The highest BCUT2D eigenvalue weighted by molar-refractivity contribution is 9.10. The van der Waals surface area contributed by atoms with Crippen molar-refractivity contribution in [1.29, 1.82) is 0 Å². The molecule has 0 aliphatic rings. The molecule has 0 bridgehead atoms. The first-order valence-corrected chi connectivity index (χ1v) is 7.52. The Hall–Kier alpha value is -1.80. The summed E-state index contributed by atoms with van der Waals surface area (Å²) in [5.74, 6) is 0. The number of hydrogen-bond acceptors (Lipinski definition) is 1. The monoisotopic (exact) mass is 325 g/mol. The lowest BCUT2D eigenvalue weighted by Gasteiger charge is -2.16. The summed E-state index contributed by atoms with van der Waals surface area (Å²) in [5.41, 5.74) is 2.44. The first-order chi connectivity index (χ1) is 9.72. The van der Waals surface area contributed by atoms with Crippen molar-refractivity contribution < 1.29 is 0 Å². The van der Waals surface area contributed by atoms with Gasteiger partial charge in [-0.2, -0.15) is 0 Å². The lowest BCUT2D eigenvalue weighted by atomic mass is 10.1. The van der Waals surface area contributed by atoms with Gasteiger partial charge in [0.1, 0.15) is 0 Å². The zero-order valence-corrected chi connectivity index (χ0v) is 12.9. The molecule has 20 heavy (non-hydrogen) atoms. The Labute approximate surface area is 127 Å². The topological polar surface area (TPSA) is 12.0 Å². The van der Waals surface area contributed by atoms with Crippen LogP contribution in [0.1, 0.15) is 18.5 Å². The zero-order valence-electron chi connectivity index (χ0n) is 11.3. The molecule has 2 heteroatoms. The van der Waals surface area contributed by atoms with Gasteiger partial charge in [-0.3, -0.25) is 0 Å². The van der Waals surface area contributed by atoms with Gasteiger partial charge in [-0.1, -0.05) is 58.4 Å². The number of benzene rings is 3. The van der Waals surface area contributed by atoms with Crippen LogP contribution in [0.25, 0.3) is 10.8 Å². The summed E-state index contributed by atoms with van der Waals surface area (Å²) in [5, 5.41) is 6.05. The van der Waals surface area contributed by atoms with Gasteiger partial charge in [0.25, 0.3) is 0 Å². The van der Waals surface area contributed by atoms with Crippen molar-refractivity contribution in [1.82, 2.24) is 0 Å². The van der Waals surface area contributed by atoms with Crippen LogP contribution in [-0.2, 0) is 0 Å². The zero-order chi connectivity index (χ0) is 13.9. The Kier molecular flexibility index (Phi) is 3.75. The first kappa shape index (κ1) is 13.2. The van der Waals surface area contributed by atoms with Crippen LogP contribution in [0.5, 0.6) is 0 Å². The minimum absolute atomic E-state index is 0.295. The molecule has 100 valence electrons. The van der Waals surface area contributed by atoms with E-state index in [9.17, 15) is 0 Å². The van der Waals surface area contributed by atoms with Crippen molar-refractivity contribution in [3.8, 4) is 0 Å². The molecule has 0 fully saturated rings. The Morgan fingerprint density at radius 1 is 0.850 bits per heavy atom. The summed E-state index contributed by atoms with van der Waals surface area (Å²) in [6.07, 6.45) is 0. The van der Waals surface area contributed by atoms with Gasteiger partial charge in [0.2, 0.25) is 0 Å². The maximum Gasteiger partial charge on any atom is 0.0485 e. The molecule has 0 heterocycles. The minimum Gasteiger partial charge on any atom is -0.379 e. The number of hydrogen-bond donors (Lipinski definition) is 1. The van der Waals surface area contributed by atoms with E-state index in [0.29, 0.717) is 6.04 Å². The van der Waals surface area contributed by atoms with Crippen LogP contribution in [0.3, 0.4) is 0 Å². The SMILES string of the molecule is CC(Nc1ccc2cc(Br)ccc2c1)c1ccccc1. The maximum atomic E-state index is 3.55. The Morgan fingerprint density at radius 2 is 1.55 bits per heavy atom. The predicted octanol–water partition coefficient (Wildman–Crippen LogP) is 5.78. The predicted molar refractivity (Wildman–Crippen MR) is 90.1 cm³/mol. The molecule has 0 aliphatic heterocycles. The van der Waals surface area contributed by atoms with Gasteiger partial charge in [0.05, 0.1) is 0 Å². The lowest BCUT2D eigenvalue weighted by Crippen LogP contribution is -2.06. The summed E-state index contributed by atoms with van der Waals surface area (Å²) >= 11 is 3.51. The molecule has 1 nitrogen and oxygen atoms in total. The molecular formula is C18H16BrN. The van der Waals surface area contributed by atoms with Crippen LogP contribution in [0.15, 0.2) is 71.2 Å². The normalized spacial score (nSPS) is 12.3. The first-order valence-electron chi connectivity index (χ1n) is 6.73. The van der Waals surface area contributed by atoms with Crippen LogP contribution in [0.4, 0.5) is 5.69 Å². The second kappa shape index (κ2) is 5.68. The molecule has 0 aromatic heterocycles. The van der Waals surface area contributed by atoms with E-state index in [-0.39, 0.29) is 0 Å². The van der Waals surface area contributed by atoms with E-state index in [1.807, 2.05) is 6.07 Å². The molecule has 1 N–H and O–H groups in total. The Bertz CT molecular complexity index is 722. The van der Waals surface area contributed by atoms with E-state index < -0.39 is 0 Å². The highest BCUT2D eigenvalue weighted by atomic mass is 79.9. The molecule has 3 aromatic carbocycles. The summed E-state index contributed by atoms with van der Waals surface area (Å²) in [6.45, 7) is 2.18. The maximum absolute atomic E-state index is 3.55. The van der Waals surface area contributed by atoms with E-state index in [1.54, 1.807) is 0 Å². The molecular weight excluding hydrogens is 310 g/mol. The van der Waals surface area contributed by atoms with Crippen LogP contribution in [-0.4, -0.2) is 0 Å². The van der Waals surface area contributed by atoms with Crippen LogP contribution in [0, 0.1) is 0 Å². The quantitative estimate of drug-likeness (QED) is 0.644. The van der Waals surface area contributed by atoms with Crippen molar-refractivity contribution in [3.63, 3.8) is 0 Å². The summed E-state index contributed by atoms with van der Waals surface area (Å²) < 4.78 is 1.11. The third kappa shape index (κ3) is 2.86. The number of rotatable bonds is 3. The van der Waals surface area contributed by atoms with Crippen molar-refractivity contribution in [2.75, 3.05) is 5.32 Å². The standard InChI is InChI=1S/C18H16BrN/c1-13(14-5-3-2-4-6-14)20-18-10-8-15-11-17(19)9-7-16(15)12-18/h2-13,20H,1H3. The molecule has 0 amide bonds. The van der Waals surface area contributed by atoms with Gasteiger partial charge in [0, 0.05) is 16.2 Å². The van der Waals surface area contributed by atoms with Crippen LogP contribution in [0.2, 0.25) is 0 Å². The molecule has 1 unspecified atom stereocenters. The van der Waals surface area contributed by atoms with Gasteiger partial charge < -0.3 is 5.32 Å². The van der Waals surface area contributed by atoms with Gasteiger partial charge in [-0.05, 0) is 47.5 Å². The molecule has 1 atom stereocenters. The minimum atomic E-state index is 0.295. The van der Waals surface area contributed by atoms with Crippen molar-refractivity contribution in [2.24, 2.45) is 0 Å². The fourth-order valence-electron chi connectivity index (χ4n) is 2.38. The summed E-state index contributed by atoms with van der Waals surface area (Å²) in [6, 6.07) is 23.6. The second-order valence-electron chi connectivity index (χ2n) is 4.98. The van der Waals surface area contributed by atoms with Crippen LogP contribution >= 0.6 is 15.9 Å². The van der Waals surface area contributed by atoms with Crippen molar-refractivity contribution in [3.05, 3.63) is 76.8 Å². The van der Waals surface area contributed by atoms with E-state index >= 15 is 0 Å². The summed E-state index contributed by atoms with van der Waals surface area (Å²) in [4.78, 5) is 0. The molecule has 0 aliphatic carbocycles. The fourth-order valence-corrected chi connectivity index (χ4v) is 2.76. The number of halogens is 1. The average molecular weight is 326 g/mol. The molecule has 0 radical (unpaired) electrons. The molecule has 3 rings (SSSR count). The van der Waals surface area contributed by atoms with Crippen LogP contribution < -0.4 is 5.32 Å².